The average molecular weight is 470 g/mol. The van der Waals surface area contributed by atoms with E-state index in [4.69, 9.17) is 4.74 Å². The van der Waals surface area contributed by atoms with Crippen LogP contribution in [-0.4, -0.2) is 58.1 Å². The van der Waals surface area contributed by atoms with Gasteiger partial charge >= 0.3 is 0 Å². The number of ether oxygens (including phenoxy) is 1. The molecule has 1 aromatic carbocycles. The monoisotopic (exact) mass is 469 g/mol. The predicted molar refractivity (Wildman–Crippen MR) is 127 cm³/mol. The maximum absolute atomic E-state index is 14.9. The summed E-state index contributed by atoms with van der Waals surface area (Å²) < 4.78 is 37.0. The highest BCUT2D eigenvalue weighted by Crippen LogP contribution is 2.39. The Balaban J connectivity index is 1.35. The van der Waals surface area contributed by atoms with Crippen LogP contribution in [0.1, 0.15) is 26.7 Å². The predicted octanol–water partition coefficient (Wildman–Crippen LogP) is 3.84. The summed E-state index contributed by atoms with van der Waals surface area (Å²) in [5.41, 5.74) is 1.05. The van der Waals surface area contributed by atoms with Gasteiger partial charge in [0.1, 0.15) is 12.3 Å². The third kappa shape index (κ3) is 4.36. The first-order valence-corrected chi connectivity index (χ1v) is 11.7. The number of halogens is 2. The molecule has 1 saturated heterocycles. The second-order valence-corrected chi connectivity index (χ2v) is 9.09. The molecule has 2 aromatic heterocycles. The lowest BCUT2D eigenvalue weighted by Gasteiger charge is -2.34. The molecule has 2 aliphatic rings. The normalized spacial score (nSPS) is 16.5. The van der Waals surface area contributed by atoms with Crippen LogP contribution in [0.5, 0.6) is 5.75 Å². The van der Waals surface area contributed by atoms with E-state index >= 15 is 0 Å². The third-order valence-corrected chi connectivity index (χ3v) is 6.40. The number of benzene rings is 1. The Bertz CT molecular complexity index is 1170. The maximum atomic E-state index is 14.9. The van der Waals surface area contributed by atoms with Crippen LogP contribution in [0.15, 0.2) is 30.6 Å². The molecule has 34 heavy (non-hydrogen) atoms. The molecule has 1 N–H and O–H groups in total. The highest BCUT2D eigenvalue weighted by atomic mass is 19.1. The van der Waals surface area contributed by atoms with Crippen LogP contribution in [-0.2, 0) is 7.05 Å². The van der Waals surface area contributed by atoms with E-state index in [9.17, 15) is 8.78 Å². The van der Waals surface area contributed by atoms with Crippen molar-refractivity contribution >= 4 is 17.5 Å². The Morgan fingerprint density at radius 2 is 1.91 bits per heavy atom. The minimum atomic E-state index is -0.595. The number of piperidine rings is 1. The van der Waals surface area contributed by atoms with Gasteiger partial charge in [0.05, 0.1) is 18.4 Å². The van der Waals surface area contributed by atoms with Crippen molar-refractivity contribution in [2.75, 3.05) is 41.4 Å². The fourth-order valence-electron chi connectivity index (χ4n) is 4.62. The quantitative estimate of drug-likeness (QED) is 0.609. The molecule has 0 saturated carbocycles. The molecule has 4 heterocycles. The summed E-state index contributed by atoms with van der Waals surface area (Å²) in [6.07, 6.45) is 4.83. The van der Waals surface area contributed by atoms with E-state index in [0.29, 0.717) is 30.4 Å². The van der Waals surface area contributed by atoms with Crippen molar-refractivity contribution < 1.29 is 13.5 Å². The molecule has 0 unspecified atom stereocenters. The van der Waals surface area contributed by atoms with Crippen molar-refractivity contribution in [2.45, 2.75) is 38.8 Å². The number of fused-ring (bicyclic) bond motifs is 1. The Labute approximate surface area is 197 Å². The average Bonchev–Trinajstić information content (AvgIpc) is 3.26. The molecule has 2 aliphatic heterocycles. The van der Waals surface area contributed by atoms with Crippen molar-refractivity contribution in [3.63, 3.8) is 0 Å². The van der Waals surface area contributed by atoms with Gasteiger partial charge in [-0.3, -0.25) is 4.68 Å². The van der Waals surface area contributed by atoms with E-state index in [1.54, 1.807) is 10.7 Å². The number of nitrogens with one attached hydrogen (secondary N) is 1. The molecule has 0 aliphatic carbocycles. The zero-order valence-corrected chi connectivity index (χ0v) is 19.6. The van der Waals surface area contributed by atoms with Gasteiger partial charge in [-0.15, -0.1) is 0 Å². The van der Waals surface area contributed by atoms with Gasteiger partial charge in [-0.05, 0) is 38.8 Å². The zero-order chi connectivity index (χ0) is 23.8. The Kier molecular flexibility index (Phi) is 5.97. The van der Waals surface area contributed by atoms with Gasteiger partial charge in [-0.25, -0.2) is 18.7 Å². The number of hydrogen-bond acceptors (Lipinski definition) is 7. The van der Waals surface area contributed by atoms with E-state index in [-0.39, 0.29) is 23.5 Å². The molecule has 180 valence electrons. The second-order valence-electron chi connectivity index (χ2n) is 9.09. The molecule has 5 rings (SSSR count). The van der Waals surface area contributed by atoms with Crippen LogP contribution in [0.2, 0.25) is 0 Å². The minimum Gasteiger partial charge on any atom is -0.486 e. The lowest BCUT2D eigenvalue weighted by atomic mass is 10.1. The summed E-state index contributed by atoms with van der Waals surface area (Å²) in [5.74, 6) is 0.393. The lowest BCUT2D eigenvalue weighted by molar-refractivity contribution is 0.287. The molecule has 8 nitrogen and oxygen atoms in total. The summed E-state index contributed by atoms with van der Waals surface area (Å²) in [4.78, 5) is 12.9. The van der Waals surface area contributed by atoms with Crippen molar-refractivity contribution in [2.24, 2.45) is 7.05 Å². The summed E-state index contributed by atoms with van der Waals surface area (Å²) in [6, 6.07) is 5.35. The first-order valence-electron chi connectivity index (χ1n) is 11.7. The molecule has 0 radical (unpaired) electrons. The molecular formula is C24H29F2N7O. The van der Waals surface area contributed by atoms with E-state index < -0.39 is 11.6 Å². The number of hydrogen-bond donors (Lipinski definition) is 1. The van der Waals surface area contributed by atoms with Crippen LogP contribution in [0, 0.1) is 11.6 Å². The van der Waals surface area contributed by atoms with Crippen molar-refractivity contribution in [1.82, 2.24) is 19.7 Å². The van der Waals surface area contributed by atoms with E-state index in [1.165, 1.54) is 6.07 Å². The fraction of sp³-hybridized carbons (Fsp3) is 0.458. The standard InChI is InChI=1S/C24H29F2N7O/c1-15(2)33-10-11-34-23-18(25)12-16(13-20(23)33)22-19(26)14-27-24(29-22)28-17-4-8-32(9-5-17)21-6-7-31(3)30-21/h6-7,12-15,17H,4-5,8-11H2,1-3H3,(H,27,28,29). The molecule has 1 fully saturated rings. The Hall–Kier alpha value is -3.43. The van der Waals surface area contributed by atoms with Crippen LogP contribution >= 0.6 is 0 Å². The van der Waals surface area contributed by atoms with Crippen LogP contribution < -0.4 is 19.9 Å². The number of anilines is 3. The van der Waals surface area contributed by atoms with Gasteiger partial charge < -0.3 is 19.9 Å². The van der Waals surface area contributed by atoms with Crippen molar-refractivity contribution in [3.8, 4) is 17.0 Å². The van der Waals surface area contributed by atoms with Gasteiger partial charge in [0.15, 0.2) is 23.2 Å². The summed E-state index contributed by atoms with van der Waals surface area (Å²) in [6.45, 7) is 6.83. The number of rotatable bonds is 5. The van der Waals surface area contributed by atoms with Gasteiger partial charge in [-0.2, -0.15) is 5.10 Å². The second kappa shape index (κ2) is 9.08. The molecule has 0 atom stereocenters. The minimum absolute atomic E-state index is 0.0689. The summed E-state index contributed by atoms with van der Waals surface area (Å²) >= 11 is 0. The topological polar surface area (TPSA) is 71.3 Å². The zero-order valence-electron chi connectivity index (χ0n) is 19.6. The lowest BCUT2D eigenvalue weighted by Crippen LogP contribution is -2.39. The van der Waals surface area contributed by atoms with Crippen LogP contribution in [0.25, 0.3) is 11.3 Å². The SMILES string of the molecule is CC(C)N1CCOc2c(F)cc(-c3nc(NC4CCN(c5ccn(C)n5)CC4)ncc3F)cc21. The number of nitrogens with zero attached hydrogens (tertiary/aromatic N) is 6. The van der Waals surface area contributed by atoms with E-state index in [0.717, 1.165) is 37.9 Å². The molecule has 0 spiro atoms. The first kappa shape index (κ1) is 22.4. The first-order chi connectivity index (χ1) is 16.4. The smallest absolute Gasteiger partial charge is 0.223 e. The van der Waals surface area contributed by atoms with Gasteiger partial charge in [-0.1, -0.05) is 0 Å². The highest BCUT2D eigenvalue weighted by molar-refractivity contribution is 5.72. The molecule has 3 aromatic rings. The maximum Gasteiger partial charge on any atom is 0.223 e. The third-order valence-electron chi connectivity index (χ3n) is 6.40. The highest BCUT2D eigenvalue weighted by Gasteiger charge is 2.26. The van der Waals surface area contributed by atoms with Crippen molar-refractivity contribution in [1.29, 1.82) is 0 Å². The number of aromatic nitrogens is 4. The van der Waals surface area contributed by atoms with Gasteiger partial charge in [0.25, 0.3) is 0 Å². The van der Waals surface area contributed by atoms with Crippen LogP contribution in [0.4, 0.5) is 26.2 Å². The molecule has 0 amide bonds. The molecule has 10 heteroatoms. The molecule has 0 bridgehead atoms. The van der Waals surface area contributed by atoms with E-state index in [1.807, 2.05) is 33.2 Å². The van der Waals surface area contributed by atoms with E-state index in [2.05, 4.69) is 30.2 Å². The molecular weight excluding hydrogens is 440 g/mol. The number of aryl methyl sites for hydroxylation is 1. The summed E-state index contributed by atoms with van der Waals surface area (Å²) in [7, 11) is 1.91. The van der Waals surface area contributed by atoms with Gasteiger partial charge in [0, 0.05) is 50.0 Å². The van der Waals surface area contributed by atoms with Crippen molar-refractivity contribution in [3.05, 3.63) is 42.2 Å². The fourth-order valence-corrected chi connectivity index (χ4v) is 4.62. The summed E-state index contributed by atoms with van der Waals surface area (Å²) in [5, 5.41) is 7.79. The largest absolute Gasteiger partial charge is 0.486 e. The Morgan fingerprint density at radius 1 is 1.12 bits per heavy atom. The van der Waals surface area contributed by atoms with Gasteiger partial charge in [0.2, 0.25) is 5.95 Å². The Morgan fingerprint density at radius 3 is 2.62 bits per heavy atom. The van der Waals surface area contributed by atoms with Crippen LogP contribution in [0.3, 0.4) is 0 Å².